The summed E-state index contributed by atoms with van der Waals surface area (Å²) in [4.78, 5) is 25.0. The summed E-state index contributed by atoms with van der Waals surface area (Å²) in [7, 11) is -5.95. The Morgan fingerprint density at radius 3 is 1.95 bits per heavy atom. The highest BCUT2D eigenvalue weighted by Gasteiger charge is 2.41. The van der Waals surface area contributed by atoms with Crippen molar-refractivity contribution in [3.05, 3.63) is 94.5 Å². The first kappa shape index (κ1) is 26.5. The lowest BCUT2D eigenvalue weighted by Crippen LogP contribution is -2.41. The zero-order valence-corrected chi connectivity index (χ0v) is 22.0. The van der Waals surface area contributed by atoms with E-state index < -0.39 is 43.6 Å². The Balaban J connectivity index is 1.94. The minimum absolute atomic E-state index is 0.00260. The molecule has 3 aromatic rings. The molecule has 0 saturated heterocycles. The summed E-state index contributed by atoms with van der Waals surface area (Å²) in [6.07, 6.45) is 0. The predicted molar refractivity (Wildman–Crippen MR) is 134 cm³/mol. The van der Waals surface area contributed by atoms with Gasteiger partial charge < -0.3 is 9.47 Å². The number of ether oxygens (including phenoxy) is 2. The maximum Gasteiger partial charge on any atom is 0.338 e. The first-order chi connectivity index (χ1) is 17.5. The molecule has 0 aromatic heterocycles. The molecule has 0 aliphatic carbocycles. The molecule has 37 heavy (non-hydrogen) atoms. The van der Waals surface area contributed by atoms with Gasteiger partial charge in [-0.25, -0.2) is 26.4 Å². The van der Waals surface area contributed by atoms with Crippen molar-refractivity contribution in [2.45, 2.75) is 28.5 Å². The molecule has 0 fully saturated rings. The van der Waals surface area contributed by atoms with Crippen molar-refractivity contribution in [2.24, 2.45) is 0 Å². The quantitative estimate of drug-likeness (QED) is 0.434. The van der Waals surface area contributed by atoms with Gasteiger partial charge in [0.25, 0.3) is 0 Å². The van der Waals surface area contributed by atoms with E-state index in [0.29, 0.717) is 0 Å². The van der Waals surface area contributed by atoms with Gasteiger partial charge in [-0.1, -0.05) is 35.9 Å². The molecule has 1 atom stereocenters. The third-order valence-electron chi connectivity index (χ3n) is 6.26. The molecular formula is C26H25NO8S2. The Kier molecular flexibility index (Phi) is 7.22. The molecule has 0 N–H and O–H groups in total. The van der Waals surface area contributed by atoms with Crippen LogP contribution in [0.25, 0.3) is 0 Å². The van der Waals surface area contributed by atoms with Gasteiger partial charge in [0.2, 0.25) is 10.0 Å². The van der Waals surface area contributed by atoms with E-state index in [1.54, 1.807) is 30.3 Å². The topological polar surface area (TPSA) is 124 Å². The highest BCUT2D eigenvalue weighted by Crippen LogP contribution is 2.39. The molecule has 3 aromatic carbocycles. The van der Waals surface area contributed by atoms with Crippen LogP contribution in [0, 0.1) is 6.92 Å². The third-order valence-corrected chi connectivity index (χ3v) is 10.2. The van der Waals surface area contributed by atoms with Crippen LogP contribution < -0.4 is 0 Å². The number of benzene rings is 3. The van der Waals surface area contributed by atoms with Crippen LogP contribution >= 0.6 is 0 Å². The summed E-state index contributed by atoms with van der Waals surface area (Å²) in [5.41, 5.74) is 1.02. The Morgan fingerprint density at radius 2 is 1.38 bits per heavy atom. The summed E-state index contributed by atoms with van der Waals surface area (Å²) in [6.45, 7) is 1.22. The number of hydrogen-bond acceptors (Lipinski definition) is 8. The molecule has 194 valence electrons. The van der Waals surface area contributed by atoms with Gasteiger partial charge in [-0.05, 0) is 54.4 Å². The van der Waals surface area contributed by atoms with Crippen LogP contribution in [0.3, 0.4) is 0 Å². The second-order valence-corrected chi connectivity index (χ2v) is 12.6. The van der Waals surface area contributed by atoms with Gasteiger partial charge in [0.05, 0.1) is 35.1 Å². The number of carbonyl (C=O) groups is 2. The molecule has 9 nitrogen and oxygen atoms in total. The average molecular weight is 544 g/mol. The molecule has 0 saturated carbocycles. The highest BCUT2D eigenvalue weighted by molar-refractivity contribution is 7.92. The van der Waals surface area contributed by atoms with Crippen LogP contribution in [0.2, 0.25) is 0 Å². The molecule has 4 rings (SSSR count). The van der Waals surface area contributed by atoms with Crippen molar-refractivity contribution in [2.75, 3.05) is 20.8 Å². The fourth-order valence-electron chi connectivity index (χ4n) is 4.28. The van der Waals surface area contributed by atoms with Crippen molar-refractivity contribution < 1.29 is 35.9 Å². The van der Waals surface area contributed by atoms with Crippen molar-refractivity contribution >= 4 is 31.8 Å². The van der Waals surface area contributed by atoms with Crippen molar-refractivity contribution in [1.29, 1.82) is 0 Å². The molecule has 0 amide bonds. The van der Waals surface area contributed by atoms with Gasteiger partial charge in [-0.3, -0.25) is 0 Å². The smallest absolute Gasteiger partial charge is 0.338 e. The van der Waals surface area contributed by atoms with E-state index in [9.17, 15) is 26.4 Å². The van der Waals surface area contributed by atoms with Gasteiger partial charge in [-0.15, -0.1) is 0 Å². The average Bonchev–Trinajstić information content (AvgIpc) is 2.91. The van der Waals surface area contributed by atoms with E-state index >= 15 is 0 Å². The van der Waals surface area contributed by atoms with E-state index in [2.05, 4.69) is 0 Å². The summed E-state index contributed by atoms with van der Waals surface area (Å²) in [5, 5.41) is -1.35. The number of aryl methyl sites for hydroxylation is 1. The van der Waals surface area contributed by atoms with Crippen LogP contribution in [0.15, 0.2) is 76.5 Å². The Labute approximate surface area is 215 Å². The standard InChI is InChI=1S/C26H25NO8S2/c1-17-9-11-20(12-10-17)37(32,33)27-15-18-13-22(25(28)34-2)23(26(29)35-3)14-21(18)24(16-27)36(30,31)19-7-5-4-6-8-19/h4-14,24H,15-16H2,1-3H3. The maximum absolute atomic E-state index is 13.8. The van der Waals surface area contributed by atoms with Crippen molar-refractivity contribution in [3.8, 4) is 0 Å². The van der Waals surface area contributed by atoms with E-state index in [1.807, 2.05) is 6.92 Å². The van der Waals surface area contributed by atoms with E-state index in [1.165, 1.54) is 36.4 Å². The molecule has 0 spiro atoms. The lowest BCUT2D eigenvalue weighted by molar-refractivity contribution is 0.0555. The van der Waals surface area contributed by atoms with Crippen LogP contribution in [0.5, 0.6) is 0 Å². The normalized spacial score (nSPS) is 16.0. The first-order valence-corrected chi connectivity index (χ1v) is 14.2. The lowest BCUT2D eigenvalue weighted by atomic mass is 9.94. The van der Waals surface area contributed by atoms with E-state index in [-0.39, 0.29) is 38.6 Å². The second-order valence-electron chi connectivity index (χ2n) is 8.54. The Hall–Kier alpha value is -3.54. The van der Waals surface area contributed by atoms with Crippen LogP contribution in [0.1, 0.15) is 42.7 Å². The lowest BCUT2D eigenvalue weighted by Gasteiger charge is -2.34. The molecule has 0 radical (unpaired) electrons. The predicted octanol–water partition coefficient (Wildman–Crippen LogP) is 3.29. The van der Waals surface area contributed by atoms with Gasteiger partial charge in [-0.2, -0.15) is 4.31 Å². The van der Waals surface area contributed by atoms with E-state index in [4.69, 9.17) is 9.47 Å². The zero-order chi connectivity index (χ0) is 27.0. The van der Waals surface area contributed by atoms with Gasteiger partial charge in [0.15, 0.2) is 9.84 Å². The Morgan fingerprint density at radius 1 is 0.811 bits per heavy atom. The van der Waals surface area contributed by atoms with E-state index in [0.717, 1.165) is 24.1 Å². The summed E-state index contributed by atoms with van der Waals surface area (Å²) in [6, 6.07) is 16.5. The van der Waals surface area contributed by atoms with Crippen LogP contribution in [-0.2, 0) is 35.9 Å². The number of rotatable bonds is 6. The molecule has 1 unspecified atom stereocenters. The molecule has 11 heteroatoms. The summed E-state index contributed by atoms with van der Waals surface area (Å²) >= 11 is 0. The number of sulfonamides is 1. The fourth-order valence-corrected chi connectivity index (χ4v) is 7.60. The second kappa shape index (κ2) is 10.1. The Bertz CT molecular complexity index is 1560. The number of esters is 2. The number of sulfone groups is 1. The molecule has 1 aliphatic rings. The monoisotopic (exact) mass is 543 g/mol. The minimum atomic E-state index is -4.12. The molecule has 0 bridgehead atoms. The maximum atomic E-state index is 13.8. The fraction of sp³-hybridized carbons (Fsp3) is 0.231. The van der Waals surface area contributed by atoms with Crippen LogP contribution in [0.4, 0.5) is 0 Å². The van der Waals surface area contributed by atoms with Crippen molar-refractivity contribution in [1.82, 2.24) is 4.31 Å². The zero-order valence-electron chi connectivity index (χ0n) is 20.4. The number of methoxy groups -OCH3 is 2. The molecule has 1 aliphatic heterocycles. The number of fused-ring (bicyclic) bond motifs is 1. The number of nitrogens with zero attached hydrogens (tertiary/aromatic N) is 1. The number of hydrogen-bond donors (Lipinski definition) is 0. The van der Waals surface area contributed by atoms with Gasteiger partial charge in [0, 0.05) is 13.1 Å². The first-order valence-electron chi connectivity index (χ1n) is 11.2. The van der Waals surface area contributed by atoms with Gasteiger partial charge >= 0.3 is 11.9 Å². The minimum Gasteiger partial charge on any atom is -0.465 e. The summed E-state index contributed by atoms with van der Waals surface area (Å²) < 4.78 is 65.4. The highest BCUT2D eigenvalue weighted by atomic mass is 32.2. The number of carbonyl (C=O) groups excluding carboxylic acids is 2. The largest absolute Gasteiger partial charge is 0.465 e. The third kappa shape index (κ3) is 4.89. The van der Waals surface area contributed by atoms with Gasteiger partial charge in [0.1, 0.15) is 5.25 Å². The molecule has 1 heterocycles. The SMILES string of the molecule is COC(=O)c1cc2c(cc1C(=O)OC)C(S(=O)(=O)c1ccccc1)CN(S(=O)(=O)c1ccc(C)cc1)C2. The summed E-state index contributed by atoms with van der Waals surface area (Å²) in [5.74, 6) is -1.70. The van der Waals surface area contributed by atoms with Crippen molar-refractivity contribution in [3.63, 3.8) is 0 Å². The molecular weight excluding hydrogens is 518 g/mol. The van der Waals surface area contributed by atoms with Crippen LogP contribution in [-0.4, -0.2) is 53.8 Å².